The Balaban J connectivity index is 0.000000296. The lowest BCUT2D eigenvalue weighted by molar-refractivity contribution is -0.733. The second-order valence-corrected chi connectivity index (χ2v) is 7.49. The van der Waals surface area contributed by atoms with Crippen molar-refractivity contribution in [3.05, 3.63) is 35.9 Å². The van der Waals surface area contributed by atoms with Crippen LogP contribution in [0.1, 0.15) is 46.0 Å². The van der Waals surface area contributed by atoms with Crippen molar-refractivity contribution < 1.29 is 41.7 Å². The number of amides is 1. The molecular weight excluding hydrogens is 404 g/mol. The molecule has 0 spiro atoms. The van der Waals surface area contributed by atoms with Gasteiger partial charge in [-0.1, -0.05) is 32.6 Å². The van der Waals surface area contributed by atoms with Crippen molar-refractivity contribution in [3.63, 3.8) is 0 Å². The molecule has 0 aliphatic carbocycles. The number of nitrogens with zero attached hydrogens (tertiary/aromatic N) is 1. The lowest BCUT2D eigenvalue weighted by Crippen LogP contribution is -2.43. The number of carboxylic acids is 1. The quantitative estimate of drug-likeness (QED) is 0.317. The monoisotopic (exact) mass is 430 g/mol. The second-order valence-electron chi connectivity index (χ2n) is 6.22. The molecule has 0 saturated heterocycles. The summed E-state index contributed by atoms with van der Waals surface area (Å²) in [5.74, 6) is -3.29. The van der Waals surface area contributed by atoms with Crippen LogP contribution < -0.4 is 14.4 Å². The highest BCUT2D eigenvalue weighted by Gasteiger charge is 2.29. The summed E-state index contributed by atoms with van der Waals surface area (Å²) in [5, 5.41) is 19.5. The number of aromatic nitrogens is 1. The number of unbranched alkanes of at least 4 members (excludes halogenated alkanes) is 4. The molecule has 0 aromatic carbocycles. The first-order chi connectivity index (χ1) is 13.7. The average molecular weight is 430 g/mol. The van der Waals surface area contributed by atoms with E-state index in [2.05, 4.69) is 11.1 Å². The van der Waals surface area contributed by atoms with E-state index < -0.39 is 33.5 Å². The van der Waals surface area contributed by atoms with Crippen molar-refractivity contribution in [1.29, 1.82) is 0 Å². The Morgan fingerprint density at radius 1 is 1.31 bits per heavy atom. The van der Waals surface area contributed by atoms with Gasteiger partial charge >= 0.3 is 10.3 Å². The van der Waals surface area contributed by atoms with Gasteiger partial charge in [0.15, 0.2) is 11.9 Å². The summed E-state index contributed by atoms with van der Waals surface area (Å²) in [7, 11) is -4.20. The minimum atomic E-state index is -4.20. The lowest BCUT2D eigenvalue weighted by atomic mass is 10.2. The number of hydrogen-bond acceptors (Lipinski definition) is 8. The third kappa shape index (κ3) is 9.39. The van der Waals surface area contributed by atoms with Crippen LogP contribution in [0.25, 0.3) is 0 Å². The molecule has 0 fully saturated rings. The largest absolute Gasteiger partial charge is 0.544 e. The van der Waals surface area contributed by atoms with Gasteiger partial charge in [-0.15, -0.1) is 0 Å². The highest BCUT2D eigenvalue weighted by atomic mass is 32.2. The van der Waals surface area contributed by atoms with Gasteiger partial charge in [-0.05, 0) is 19.4 Å². The fourth-order valence-electron chi connectivity index (χ4n) is 2.35. The van der Waals surface area contributed by atoms with Crippen molar-refractivity contribution in [3.8, 4) is 5.75 Å². The molecular formula is C18H26N2O8S. The summed E-state index contributed by atoms with van der Waals surface area (Å²) < 4.78 is 34.1. The summed E-state index contributed by atoms with van der Waals surface area (Å²) in [6.07, 6.45) is 9.83. The lowest BCUT2D eigenvalue weighted by Gasteiger charge is -2.18. The molecule has 2 heterocycles. The molecule has 2 rings (SSSR count). The summed E-state index contributed by atoms with van der Waals surface area (Å²) in [6, 6.07) is 3.46. The normalized spacial score (nSPS) is 15.0. The molecule has 0 bridgehead atoms. The number of carbonyl (C=O) groups is 2. The van der Waals surface area contributed by atoms with Gasteiger partial charge < -0.3 is 23.9 Å². The number of ether oxygens (including phenoxy) is 1. The topological polar surface area (TPSA) is 146 Å². The minimum absolute atomic E-state index is 0.272. The molecule has 2 N–H and O–H groups in total. The Hall–Kier alpha value is -2.66. The van der Waals surface area contributed by atoms with Crippen molar-refractivity contribution >= 4 is 22.2 Å². The Morgan fingerprint density at radius 2 is 2.00 bits per heavy atom. The molecule has 0 atom stereocenters. The molecule has 0 saturated carbocycles. The first-order valence-corrected chi connectivity index (χ1v) is 10.5. The van der Waals surface area contributed by atoms with Crippen LogP contribution in [0.5, 0.6) is 5.75 Å². The van der Waals surface area contributed by atoms with Crippen molar-refractivity contribution in [1.82, 2.24) is 4.72 Å². The van der Waals surface area contributed by atoms with Crippen LogP contribution >= 0.6 is 0 Å². The SMILES string of the molecule is CC1=C(C(=O)[O-])C(=O)NS(=O)(=O)O1.CCCCCCCOC[n+]1cccc(O)c1. The number of rotatable bonds is 9. The molecule has 1 aliphatic heterocycles. The van der Waals surface area contributed by atoms with Gasteiger partial charge in [0.25, 0.3) is 12.6 Å². The van der Waals surface area contributed by atoms with E-state index in [4.69, 9.17) is 4.74 Å². The molecule has 0 unspecified atom stereocenters. The van der Waals surface area contributed by atoms with E-state index in [0.29, 0.717) is 6.73 Å². The maximum atomic E-state index is 10.8. The van der Waals surface area contributed by atoms with Crippen LogP contribution in [0.15, 0.2) is 35.9 Å². The van der Waals surface area contributed by atoms with E-state index in [1.165, 1.54) is 30.4 Å². The van der Waals surface area contributed by atoms with E-state index >= 15 is 0 Å². The Bertz CT molecular complexity index is 836. The molecule has 0 radical (unpaired) electrons. The number of allylic oxidation sites excluding steroid dienone is 1. The van der Waals surface area contributed by atoms with Gasteiger partial charge in [-0.3, -0.25) is 4.79 Å². The molecule has 1 aliphatic rings. The number of aliphatic carboxylic acids is 1. The van der Waals surface area contributed by atoms with Gasteiger partial charge in [0, 0.05) is 6.07 Å². The number of carboxylic acid groups (broad SMARTS) is 1. The zero-order valence-corrected chi connectivity index (χ0v) is 17.2. The molecule has 29 heavy (non-hydrogen) atoms. The summed E-state index contributed by atoms with van der Waals surface area (Å²) in [4.78, 5) is 21.1. The molecule has 162 valence electrons. The van der Waals surface area contributed by atoms with Gasteiger partial charge in [0.2, 0.25) is 6.20 Å². The van der Waals surface area contributed by atoms with E-state index in [-0.39, 0.29) is 5.75 Å². The van der Waals surface area contributed by atoms with Gasteiger partial charge in [-0.2, -0.15) is 13.0 Å². The summed E-state index contributed by atoms with van der Waals surface area (Å²) in [5.41, 5.74) is -0.824. The fraction of sp³-hybridized carbons (Fsp3) is 0.500. The summed E-state index contributed by atoms with van der Waals surface area (Å²) in [6.45, 7) is 4.57. The zero-order valence-electron chi connectivity index (χ0n) is 16.4. The van der Waals surface area contributed by atoms with Crippen LogP contribution in [0.4, 0.5) is 0 Å². The predicted molar refractivity (Wildman–Crippen MR) is 98.9 cm³/mol. The Morgan fingerprint density at radius 3 is 2.59 bits per heavy atom. The van der Waals surface area contributed by atoms with E-state index in [1.54, 1.807) is 18.3 Å². The van der Waals surface area contributed by atoms with Crippen LogP contribution in [0.3, 0.4) is 0 Å². The fourth-order valence-corrected chi connectivity index (χ4v) is 3.14. The zero-order chi connectivity index (χ0) is 21.9. The number of nitrogens with one attached hydrogen (secondary N) is 1. The maximum Gasteiger partial charge on any atom is 0.409 e. The van der Waals surface area contributed by atoms with Crippen LogP contribution in [-0.2, 0) is 35.5 Å². The summed E-state index contributed by atoms with van der Waals surface area (Å²) >= 11 is 0. The third-order valence-electron chi connectivity index (χ3n) is 3.71. The van der Waals surface area contributed by atoms with E-state index in [0.717, 1.165) is 20.0 Å². The molecule has 1 aromatic rings. The molecule has 1 aromatic heterocycles. The standard InChI is InChI=1S/C13H21NO2.C5H5NO6S/c1-2-3-4-5-6-10-16-12-14-9-7-8-13(15)11-14;1-2-3(5(8)9)4(7)6-13(10,11)12-2/h7-9,11H,2-6,10,12H2,1H3;1H3,(H,6,7)(H,8,9). The van der Waals surface area contributed by atoms with Crippen molar-refractivity contribution in [2.75, 3.05) is 6.61 Å². The van der Waals surface area contributed by atoms with Crippen molar-refractivity contribution in [2.45, 2.75) is 52.7 Å². The number of hydrogen-bond donors (Lipinski definition) is 2. The van der Waals surface area contributed by atoms with Gasteiger partial charge in [0.05, 0.1) is 12.6 Å². The Labute approximate surface area is 170 Å². The van der Waals surface area contributed by atoms with Crippen LogP contribution in [0, 0.1) is 0 Å². The number of aromatic hydroxyl groups is 1. The molecule has 1 amide bonds. The van der Waals surface area contributed by atoms with E-state index in [1.807, 2.05) is 10.8 Å². The van der Waals surface area contributed by atoms with Gasteiger partial charge in [-0.25, -0.2) is 4.72 Å². The minimum Gasteiger partial charge on any atom is -0.544 e. The average Bonchev–Trinajstić information content (AvgIpc) is 2.59. The van der Waals surface area contributed by atoms with E-state index in [9.17, 15) is 28.2 Å². The smallest absolute Gasteiger partial charge is 0.409 e. The first-order valence-electron chi connectivity index (χ1n) is 9.11. The van der Waals surface area contributed by atoms with Gasteiger partial charge in [0.1, 0.15) is 11.3 Å². The highest BCUT2D eigenvalue weighted by Crippen LogP contribution is 2.13. The van der Waals surface area contributed by atoms with Crippen molar-refractivity contribution in [2.24, 2.45) is 0 Å². The second kappa shape index (κ2) is 12.0. The van der Waals surface area contributed by atoms with Crippen LogP contribution in [-0.4, -0.2) is 32.0 Å². The first kappa shape index (κ1) is 24.4. The number of carbonyl (C=O) groups excluding carboxylic acids is 2. The Kier molecular flexibility index (Phi) is 10.1. The molecule has 11 heteroatoms. The molecule has 10 nitrogen and oxygen atoms in total. The predicted octanol–water partition coefficient (Wildman–Crippen LogP) is 0.0257. The number of pyridine rings is 1. The highest BCUT2D eigenvalue weighted by molar-refractivity contribution is 7.85. The third-order valence-corrected chi connectivity index (χ3v) is 4.62. The van der Waals surface area contributed by atoms with Crippen LogP contribution in [0.2, 0.25) is 0 Å². The maximum absolute atomic E-state index is 10.8.